The molecule has 0 atom stereocenters. The standard InChI is InChI=1S/C19H17N5O4S2/c25-18(23-19-22-9-10-29-19)17(24-28-12-14-11-20-7-8-21-14)13-1-3-15(4-2-13)30(26,27)16-5-6-16/h1-4,7-11,16H,5-6,12H2,(H,22,23,25)/b24-17+. The van der Waals surface area contributed by atoms with E-state index in [1.165, 1.54) is 42.1 Å². The van der Waals surface area contributed by atoms with Crippen LogP contribution in [0.3, 0.4) is 0 Å². The van der Waals surface area contributed by atoms with Gasteiger partial charge in [0.25, 0.3) is 5.91 Å². The summed E-state index contributed by atoms with van der Waals surface area (Å²) in [5.74, 6) is -0.526. The molecular weight excluding hydrogens is 426 g/mol. The zero-order valence-electron chi connectivity index (χ0n) is 15.6. The summed E-state index contributed by atoms with van der Waals surface area (Å²) in [5.41, 5.74) is 0.953. The topological polar surface area (TPSA) is 124 Å². The maximum Gasteiger partial charge on any atom is 0.280 e. The zero-order chi connectivity index (χ0) is 21.0. The number of rotatable bonds is 8. The van der Waals surface area contributed by atoms with Crippen LogP contribution in [0.5, 0.6) is 0 Å². The van der Waals surface area contributed by atoms with Gasteiger partial charge in [-0.05, 0) is 25.0 Å². The van der Waals surface area contributed by atoms with E-state index < -0.39 is 15.7 Å². The summed E-state index contributed by atoms with van der Waals surface area (Å²) in [5, 5.41) is 8.46. The van der Waals surface area contributed by atoms with Gasteiger partial charge >= 0.3 is 0 Å². The van der Waals surface area contributed by atoms with Crippen molar-refractivity contribution in [2.75, 3.05) is 5.32 Å². The molecule has 0 radical (unpaired) electrons. The Labute approximate surface area is 176 Å². The summed E-state index contributed by atoms with van der Waals surface area (Å²) >= 11 is 1.26. The number of benzene rings is 1. The highest BCUT2D eigenvalue weighted by Crippen LogP contribution is 2.33. The first-order chi connectivity index (χ1) is 14.5. The molecule has 3 aromatic rings. The molecule has 0 aliphatic heterocycles. The van der Waals surface area contributed by atoms with Gasteiger partial charge in [-0.3, -0.25) is 20.1 Å². The van der Waals surface area contributed by atoms with Crippen molar-refractivity contribution in [1.82, 2.24) is 15.0 Å². The van der Waals surface area contributed by atoms with Crippen molar-refractivity contribution < 1.29 is 18.0 Å². The van der Waals surface area contributed by atoms with Crippen molar-refractivity contribution in [1.29, 1.82) is 0 Å². The number of hydrogen-bond acceptors (Lipinski definition) is 9. The molecule has 154 valence electrons. The smallest absolute Gasteiger partial charge is 0.280 e. The fourth-order valence-electron chi connectivity index (χ4n) is 2.61. The van der Waals surface area contributed by atoms with E-state index in [4.69, 9.17) is 4.84 Å². The Balaban J connectivity index is 1.57. The van der Waals surface area contributed by atoms with E-state index in [0.717, 1.165) is 0 Å². The van der Waals surface area contributed by atoms with Crippen molar-refractivity contribution in [2.24, 2.45) is 5.16 Å². The number of aromatic nitrogens is 3. The van der Waals surface area contributed by atoms with E-state index in [1.807, 2.05) is 0 Å². The second kappa shape index (κ2) is 8.67. The van der Waals surface area contributed by atoms with Crippen molar-refractivity contribution in [2.45, 2.75) is 29.6 Å². The average molecular weight is 444 g/mol. The fraction of sp³-hybridized carbons (Fsp3) is 0.211. The van der Waals surface area contributed by atoms with Crippen LogP contribution in [0, 0.1) is 0 Å². The lowest BCUT2D eigenvalue weighted by molar-refractivity contribution is -0.110. The molecule has 1 amide bonds. The SMILES string of the molecule is O=C(Nc1nccs1)/C(=N/OCc1cnccn1)c1ccc(S(=O)(=O)C2CC2)cc1. The molecule has 0 saturated heterocycles. The van der Waals surface area contributed by atoms with E-state index in [2.05, 4.69) is 25.4 Å². The molecule has 4 rings (SSSR count). The van der Waals surface area contributed by atoms with Crippen LogP contribution in [0.4, 0.5) is 5.13 Å². The molecule has 1 aliphatic rings. The van der Waals surface area contributed by atoms with Crippen molar-refractivity contribution in [3.63, 3.8) is 0 Å². The molecule has 0 bridgehead atoms. The number of hydrogen-bond donors (Lipinski definition) is 1. The van der Waals surface area contributed by atoms with Crippen LogP contribution >= 0.6 is 11.3 Å². The molecule has 2 aromatic heterocycles. The molecule has 30 heavy (non-hydrogen) atoms. The predicted molar refractivity (Wildman–Crippen MR) is 111 cm³/mol. The maximum absolute atomic E-state index is 12.8. The Morgan fingerprint density at radius 3 is 2.60 bits per heavy atom. The Kier molecular flexibility index (Phi) is 5.81. The molecule has 9 nitrogen and oxygen atoms in total. The van der Waals surface area contributed by atoms with Crippen LogP contribution in [0.1, 0.15) is 24.1 Å². The van der Waals surface area contributed by atoms with Gasteiger partial charge in [0.1, 0.15) is 0 Å². The predicted octanol–water partition coefficient (Wildman–Crippen LogP) is 2.43. The number of nitrogens with zero attached hydrogens (tertiary/aromatic N) is 4. The molecule has 1 aromatic carbocycles. The van der Waals surface area contributed by atoms with Gasteiger partial charge in [-0.2, -0.15) is 0 Å². The minimum Gasteiger partial charge on any atom is -0.389 e. The van der Waals surface area contributed by atoms with E-state index in [9.17, 15) is 13.2 Å². The lowest BCUT2D eigenvalue weighted by Gasteiger charge is -2.08. The molecule has 1 fully saturated rings. The second-order valence-electron chi connectivity index (χ2n) is 6.47. The largest absolute Gasteiger partial charge is 0.389 e. The second-order valence-corrected chi connectivity index (χ2v) is 9.59. The van der Waals surface area contributed by atoms with Gasteiger partial charge in [-0.15, -0.1) is 11.3 Å². The molecule has 0 spiro atoms. The lowest BCUT2D eigenvalue weighted by atomic mass is 10.1. The van der Waals surface area contributed by atoms with Crippen LogP contribution in [-0.4, -0.2) is 40.2 Å². The fourth-order valence-corrected chi connectivity index (χ4v) is 4.79. The van der Waals surface area contributed by atoms with E-state index in [1.54, 1.807) is 23.7 Å². The number of anilines is 1. The molecule has 2 heterocycles. The Hall–Kier alpha value is -3.18. The third kappa shape index (κ3) is 4.69. The van der Waals surface area contributed by atoms with Crippen molar-refractivity contribution in [3.05, 3.63) is 65.7 Å². The highest BCUT2D eigenvalue weighted by Gasteiger charge is 2.36. The minimum atomic E-state index is -3.32. The van der Waals surface area contributed by atoms with Gasteiger partial charge in [0.05, 0.1) is 22.0 Å². The third-order valence-electron chi connectivity index (χ3n) is 4.27. The third-order valence-corrected chi connectivity index (χ3v) is 7.24. The number of thiazole rings is 1. The summed E-state index contributed by atoms with van der Waals surface area (Å²) in [4.78, 5) is 30.3. The molecule has 0 unspecified atom stereocenters. The van der Waals surface area contributed by atoms with Gasteiger partial charge in [0.15, 0.2) is 27.3 Å². The Morgan fingerprint density at radius 2 is 1.97 bits per heavy atom. The number of carbonyl (C=O) groups is 1. The first-order valence-corrected chi connectivity index (χ1v) is 11.5. The Bertz CT molecular complexity index is 1140. The van der Waals surface area contributed by atoms with E-state index in [0.29, 0.717) is 29.2 Å². The van der Waals surface area contributed by atoms with Gasteiger partial charge in [0.2, 0.25) is 0 Å². The Morgan fingerprint density at radius 1 is 1.17 bits per heavy atom. The maximum atomic E-state index is 12.8. The van der Waals surface area contributed by atoms with Crippen molar-refractivity contribution >= 4 is 37.9 Å². The number of nitrogens with one attached hydrogen (secondary N) is 1. The summed E-state index contributed by atoms with van der Waals surface area (Å²) < 4.78 is 24.8. The first-order valence-electron chi connectivity index (χ1n) is 9.04. The summed E-state index contributed by atoms with van der Waals surface area (Å²) in [7, 11) is -3.32. The van der Waals surface area contributed by atoms with Crippen LogP contribution in [0.25, 0.3) is 0 Å². The summed E-state index contributed by atoms with van der Waals surface area (Å²) in [6.45, 7) is 0.0238. The summed E-state index contributed by atoms with van der Waals surface area (Å²) in [6, 6.07) is 6.05. The molecule has 1 aliphatic carbocycles. The average Bonchev–Trinajstić information content (AvgIpc) is 3.51. The number of carbonyl (C=O) groups excluding carboxylic acids is 1. The molecular formula is C19H17N5O4S2. The van der Waals surface area contributed by atoms with Crippen LogP contribution in [0.2, 0.25) is 0 Å². The van der Waals surface area contributed by atoms with Crippen LogP contribution < -0.4 is 5.32 Å². The number of oxime groups is 1. The van der Waals surface area contributed by atoms with Crippen molar-refractivity contribution in [3.8, 4) is 0 Å². The van der Waals surface area contributed by atoms with Gasteiger partial charge < -0.3 is 4.84 Å². The summed E-state index contributed by atoms with van der Waals surface area (Å²) in [6.07, 6.45) is 7.53. The van der Waals surface area contributed by atoms with Gasteiger partial charge in [-0.1, -0.05) is 17.3 Å². The highest BCUT2D eigenvalue weighted by atomic mass is 32.2. The monoisotopic (exact) mass is 443 g/mol. The first kappa shape index (κ1) is 20.1. The minimum absolute atomic E-state index is 0.00976. The molecule has 1 N–H and O–H groups in total. The van der Waals surface area contributed by atoms with Crippen LogP contribution in [-0.2, 0) is 26.1 Å². The molecule has 11 heteroatoms. The molecule has 1 saturated carbocycles. The quantitative estimate of drug-likeness (QED) is 0.419. The zero-order valence-corrected chi connectivity index (χ0v) is 17.3. The lowest BCUT2D eigenvalue weighted by Crippen LogP contribution is -2.24. The highest BCUT2D eigenvalue weighted by molar-refractivity contribution is 7.92. The number of sulfone groups is 1. The van der Waals surface area contributed by atoms with E-state index >= 15 is 0 Å². The van der Waals surface area contributed by atoms with Crippen LogP contribution in [0.15, 0.2) is 64.5 Å². The number of amides is 1. The normalized spacial score (nSPS) is 14.3. The van der Waals surface area contributed by atoms with E-state index in [-0.39, 0.29) is 22.5 Å². The van der Waals surface area contributed by atoms with Gasteiger partial charge in [0, 0.05) is 29.5 Å². The van der Waals surface area contributed by atoms with Gasteiger partial charge in [-0.25, -0.2) is 13.4 Å².